The van der Waals surface area contributed by atoms with Crippen molar-refractivity contribution in [3.05, 3.63) is 36.2 Å². The molecular weight excluding hydrogens is 306 g/mol. The van der Waals surface area contributed by atoms with Crippen LogP contribution in [0.15, 0.2) is 34.7 Å². The zero-order valence-corrected chi connectivity index (χ0v) is 14.4. The molecule has 0 saturated carbocycles. The summed E-state index contributed by atoms with van der Waals surface area (Å²) >= 11 is 0. The van der Waals surface area contributed by atoms with Crippen LogP contribution in [0.5, 0.6) is 0 Å². The lowest BCUT2D eigenvalue weighted by Crippen LogP contribution is -2.40. The van der Waals surface area contributed by atoms with E-state index in [0.29, 0.717) is 24.7 Å². The summed E-state index contributed by atoms with van der Waals surface area (Å²) in [4.78, 5) is 14.1. The first-order valence-electron chi connectivity index (χ1n) is 8.30. The van der Waals surface area contributed by atoms with Gasteiger partial charge in [-0.15, -0.1) is 10.2 Å². The topological polar surface area (TPSA) is 68.5 Å². The lowest BCUT2D eigenvalue weighted by atomic mass is 10.1. The largest absolute Gasteiger partial charge is 0.444 e. The van der Waals surface area contributed by atoms with Crippen molar-refractivity contribution < 1.29 is 13.9 Å². The second kappa shape index (κ2) is 6.63. The van der Waals surface area contributed by atoms with Crippen LogP contribution in [-0.4, -0.2) is 39.4 Å². The number of carbonyl (C=O) groups is 1. The van der Waals surface area contributed by atoms with Gasteiger partial charge in [0.15, 0.2) is 0 Å². The van der Waals surface area contributed by atoms with Gasteiger partial charge in [0, 0.05) is 24.6 Å². The Balaban J connectivity index is 1.67. The molecule has 1 aliphatic rings. The molecule has 1 fully saturated rings. The first-order chi connectivity index (χ1) is 11.4. The number of amides is 1. The minimum Gasteiger partial charge on any atom is -0.444 e. The number of benzene rings is 1. The smallest absolute Gasteiger partial charge is 0.410 e. The minimum atomic E-state index is -0.491. The summed E-state index contributed by atoms with van der Waals surface area (Å²) in [5.41, 5.74) is 0.404. The third-order valence-electron chi connectivity index (χ3n) is 3.90. The molecule has 0 spiro atoms. The molecule has 6 heteroatoms. The van der Waals surface area contributed by atoms with Gasteiger partial charge >= 0.3 is 6.09 Å². The molecule has 0 unspecified atom stereocenters. The fraction of sp³-hybridized carbons (Fsp3) is 0.500. The van der Waals surface area contributed by atoms with E-state index in [9.17, 15) is 4.79 Å². The van der Waals surface area contributed by atoms with Crippen LogP contribution in [0, 0.1) is 0 Å². The summed E-state index contributed by atoms with van der Waals surface area (Å²) < 4.78 is 11.2. The van der Waals surface area contributed by atoms with Crippen molar-refractivity contribution in [2.45, 2.75) is 51.7 Å². The number of ether oxygens (including phenoxy) is 1. The Kier molecular flexibility index (Phi) is 4.55. The fourth-order valence-electron chi connectivity index (χ4n) is 2.84. The molecule has 1 aromatic heterocycles. The van der Waals surface area contributed by atoms with Gasteiger partial charge < -0.3 is 14.1 Å². The van der Waals surface area contributed by atoms with Gasteiger partial charge in [0.25, 0.3) is 0 Å². The second-order valence-electron chi connectivity index (χ2n) is 7.04. The molecule has 0 aliphatic carbocycles. The molecule has 0 N–H and O–H groups in total. The van der Waals surface area contributed by atoms with Gasteiger partial charge in [-0.05, 0) is 45.7 Å². The zero-order chi connectivity index (χ0) is 17.2. The summed E-state index contributed by atoms with van der Waals surface area (Å²) in [6.45, 7) is 6.33. The summed E-state index contributed by atoms with van der Waals surface area (Å²) in [5, 5.41) is 8.24. The average Bonchev–Trinajstić information content (AvgIpc) is 3.16. The van der Waals surface area contributed by atoms with Crippen molar-refractivity contribution in [2.24, 2.45) is 0 Å². The van der Waals surface area contributed by atoms with Crippen LogP contribution < -0.4 is 0 Å². The number of hydrogen-bond donors (Lipinski definition) is 0. The van der Waals surface area contributed by atoms with Crippen LogP contribution in [-0.2, 0) is 11.2 Å². The van der Waals surface area contributed by atoms with E-state index in [1.807, 2.05) is 51.1 Å². The molecule has 1 amide bonds. The van der Waals surface area contributed by atoms with Crippen LogP contribution in [0.3, 0.4) is 0 Å². The maximum absolute atomic E-state index is 12.3. The monoisotopic (exact) mass is 329 g/mol. The van der Waals surface area contributed by atoms with Gasteiger partial charge in [0.1, 0.15) is 5.60 Å². The van der Waals surface area contributed by atoms with Gasteiger partial charge in [0.2, 0.25) is 11.8 Å². The Labute approximate surface area is 141 Å². The molecule has 1 aromatic carbocycles. The van der Waals surface area contributed by atoms with E-state index in [1.165, 1.54) is 0 Å². The predicted octanol–water partition coefficient (Wildman–Crippen LogP) is 3.68. The maximum Gasteiger partial charge on any atom is 0.410 e. The molecule has 1 atom stereocenters. The molecule has 128 valence electrons. The number of likely N-dealkylation sites (tertiary alicyclic amines) is 1. The van der Waals surface area contributed by atoms with Crippen LogP contribution in [0.2, 0.25) is 0 Å². The lowest BCUT2D eigenvalue weighted by molar-refractivity contribution is 0.0223. The maximum atomic E-state index is 12.3. The van der Waals surface area contributed by atoms with E-state index < -0.39 is 5.60 Å². The Hall–Kier alpha value is -2.37. The molecule has 0 radical (unpaired) electrons. The normalized spacial score (nSPS) is 18.0. The Morgan fingerprint density at radius 1 is 1.29 bits per heavy atom. The van der Waals surface area contributed by atoms with Crippen molar-refractivity contribution in [3.63, 3.8) is 0 Å². The van der Waals surface area contributed by atoms with Gasteiger partial charge in [-0.2, -0.15) is 0 Å². The lowest BCUT2D eigenvalue weighted by Gasteiger charge is -2.28. The predicted molar refractivity (Wildman–Crippen MR) is 89.4 cm³/mol. The number of nitrogens with zero attached hydrogens (tertiary/aromatic N) is 3. The number of carbonyl (C=O) groups excluding carboxylic acids is 1. The Morgan fingerprint density at radius 2 is 2.04 bits per heavy atom. The van der Waals surface area contributed by atoms with Gasteiger partial charge in [-0.3, -0.25) is 0 Å². The van der Waals surface area contributed by atoms with E-state index in [4.69, 9.17) is 9.15 Å². The van der Waals surface area contributed by atoms with E-state index in [0.717, 1.165) is 18.4 Å². The van der Waals surface area contributed by atoms with Crippen molar-refractivity contribution in [1.82, 2.24) is 15.1 Å². The highest BCUT2D eigenvalue weighted by atomic mass is 16.6. The van der Waals surface area contributed by atoms with Crippen LogP contribution in [0.25, 0.3) is 11.5 Å². The standard InChI is InChI=1S/C18H23N3O3/c1-18(2,3)24-17(22)21-11-7-10-14(21)12-15-19-20-16(23-15)13-8-5-4-6-9-13/h4-6,8-9,14H,7,10-12H2,1-3H3/t14-/m0/s1. The van der Waals surface area contributed by atoms with Crippen molar-refractivity contribution >= 4 is 6.09 Å². The number of aromatic nitrogens is 2. The van der Waals surface area contributed by atoms with Gasteiger partial charge in [-0.1, -0.05) is 18.2 Å². The van der Waals surface area contributed by atoms with Crippen LogP contribution in [0.1, 0.15) is 39.5 Å². The van der Waals surface area contributed by atoms with Crippen molar-refractivity contribution in [3.8, 4) is 11.5 Å². The zero-order valence-electron chi connectivity index (χ0n) is 14.4. The summed E-state index contributed by atoms with van der Waals surface area (Å²) in [6, 6.07) is 9.71. The molecule has 2 aromatic rings. The molecule has 24 heavy (non-hydrogen) atoms. The highest BCUT2D eigenvalue weighted by Gasteiger charge is 2.33. The molecule has 3 rings (SSSR count). The van der Waals surface area contributed by atoms with E-state index >= 15 is 0 Å². The number of hydrogen-bond acceptors (Lipinski definition) is 5. The summed E-state index contributed by atoms with van der Waals surface area (Å²) in [5.74, 6) is 1.06. The highest BCUT2D eigenvalue weighted by Crippen LogP contribution is 2.25. The minimum absolute atomic E-state index is 0.0453. The van der Waals surface area contributed by atoms with E-state index in [2.05, 4.69) is 10.2 Å². The van der Waals surface area contributed by atoms with Gasteiger partial charge in [0.05, 0.1) is 0 Å². The third kappa shape index (κ3) is 3.93. The average molecular weight is 329 g/mol. The SMILES string of the molecule is CC(C)(C)OC(=O)N1CCC[C@H]1Cc1nnc(-c2ccccc2)o1. The molecule has 6 nitrogen and oxygen atoms in total. The van der Waals surface area contributed by atoms with Crippen molar-refractivity contribution in [1.29, 1.82) is 0 Å². The van der Waals surface area contributed by atoms with Crippen LogP contribution >= 0.6 is 0 Å². The molecule has 0 bridgehead atoms. The Bertz CT molecular complexity index is 691. The van der Waals surface area contributed by atoms with Gasteiger partial charge in [-0.25, -0.2) is 4.79 Å². The number of rotatable bonds is 3. The second-order valence-corrected chi connectivity index (χ2v) is 7.04. The highest BCUT2D eigenvalue weighted by molar-refractivity contribution is 5.69. The first-order valence-corrected chi connectivity index (χ1v) is 8.30. The Morgan fingerprint density at radius 3 is 2.75 bits per heavy atom. The third-order valence-corrected chi connectivity index (χ3v) is 3.90. The van der Waals surface area contributed by atoms with Crippen LogP contribution in [0.4, 0.5) is 4.79 Å². The van der Waals surface area contributed by atoms with E-state index in [1.54, 1.807) is 4.90 Å². The van der Waals surface area contributed by atoms with E-state index in [-0.39, 0.29) is 12.1 Å². The molecule has 2 heterocycles. The molecule has 1 aliphatic heterocycles. The first kappa shape index (κ1) is 16.5. The molecule has 1 saturated heterocycles. The molecular formula is C18H23N3O3. The summed E-state index contributed by atoms with van der Waals surface area (Å²) in [7, 11) is 0. The summed E-state index contributed by atoms with van der Waals surface area (Å²) in [6.07, 6.45) is 2.16. The quantitative estimate of drug-likeness (QED) is 0.859. The van der Waals surface area contributed by atoms with Crippen molar-refractivity contribution in [2.75, 3.05) is 6.54 Å². The fourth-order valence-corrected chi connectivity index (χ4v) is 2.84.